The second-order valence-corrected chi connectivity index (χ2v) is 31.3. The first-order valence-electron chi connectivity index (χ1n) is 37.1. The summed E-state index contributed by atoms with van der Waals surface area (Å²) >= 11 is 0. The molecule has 4 aliphatic carbocycles. The summed E-state index contributed by atoms with van der Waals surface area (Å²) in [5.41, 5.74) is 32.0. The second kappa shape index (κ2) is 28.8. The third kappa shape index (κ3) is 13.5. The lowest BCUT2D eigenvalue weighted by Crippen LogP contribution is -2.39. The van der Waals surface area contributed by atoms with Gasteiger partial charge in [0.25, 0.3) is 0 Å². The molecule has 1 unspecified atom stereocenters. The Morgan fingerprint density at radius 3 is 1.04 bits per heavy atom. The SMILES string of the molecule is CCCCCC(=O)O.CCCCCCCCC1(CCCCCCCC)c2cc(-c3ccc4c(c3)C3(c5cc(C)ccc5-c5ccc(C)cc53)c3cc(C)ccc3-4)ccc2-c2ccc(-c3ccc4c(c3)C(CCCCCC(=O)OC(C)(C)C)(C(C)(C)C)c3cc(C)ccc3-4)cc21. The number of carboxylic acids is 1. The van der Waals surface area contributed by atoms with E-state index in [4.69, 9.17) is 9.84 Å². The number of hydrogen-bond acceptors (Lipinski definition) is 3. The van der Waals surface area contributed by atoms with E-state index in [-0.39, 0.29) is 22.2 Å². The molecule has 498 valence electrons. The third-order valence-electron chi connectivity index (χ3n) is 22.2. The Kier molecular flexibility index (Phi) is 20.9. The van der Waals surface area contributed by atoms with Crippen LogP contribution in [0.25, 0.3) is 66.8 Å². The number of esters is 1. The molecule has 1 atom stereocenters. The topological polar surface area (TPSA) is 63.6 Å². The predicted molar refractivity (Wildman–Crippen MR) is 401 cm³/mol. The van der Waals surface area contributed by atoms with Crippen molar-refractivity contribution in [1.82, 2.24) is 0 Å². The maximum Gasteiger partial charge on any atom is 0.306 e. The predicted octanol–water partition coefficient (Wildman–Crippen LogP) is 25.6. The summed E-state index contributed by atoms with van der Waals surface area (Å²) < 4.78 is 5.73. The van der Waals surface area contributed by atoms with Crippen molar-refractivity contribution in [3.63, 3.8) is 0 Å². The fraction of sp³-hybridized carbons (Fsp3) is 0.451. The van der Waals surface area contributed by atoms with Crippen molar-refractivity contribution in [2.24, 2.45) is 5.41 Å². The highest BCUT2D eigenvalue weighted by molar-refractivity contribution is 5.97. The van der Waals surface area contributed by atoms with Crippen LogP contribution >= 0.6 is 0 Å². The fourth-order valence-corrected chi connectivity index (χ4v) is 17.6. The number of carbonyl (C=O) groups excluding carboxylic acids is 1. The smallest absolute Gasteiger partial charge is 0.306 e. The van der Waals surface area contributed by atoms with E-state index < -0.39 is 17.0 Å². The van der Waals surface area contributed by atoms with Crippen LogP contribution in [-0.2, 0) is 30.6 Å². The molecular weight excluding hydrogens is 1160 g/mol. The number of benzene rings is 8. The zero-order chi connectivity index (χ0) is 67.5. The van der Waals surface area contributed by atoms with E-state index >= 15 is 0 Å². The summed E-state index contributed by atoms with van der Waals surface area (Å²) in [6.07, 6.45) is 25.4. The van der Waals surface area contributed by atoms with Crippen molar-refractivity contribution in [1.29, 1.82) is 0 Å². The van der Waals surface area contributed by atoms with Gasteiger partial charge in [0.15, 0.2) is 0 Å². The first-order valence-corrected chi connectivity index (χ1v) is 37.1. The van der Waals surface area contributed by atoms with Gasteiger partial charge in [-0.25, -0.2) is 0 Å². The van der Waals surface area contributed by atoms with Crippen molar-refractivity contribution in [2.75, 3.05) is 0 Å². The largest absolute Gasteiger partial charge is 0.481 e. The van der Waals surface area contributed by atoms with E-state index in [0.29, 0.717) is 12.8 Å². The van der Waals surface area contributed by atoms with Gasteiger partial charge in [0, 0.05) is 23.7 Å². The molecule has 4 heteroatoms. The average molecular weight is 1270 g/mol. The number of hydrogen-bond donors (Lipinski definition) is 1. The van der Waals surface area contributed by atoms with E-state index in [9.17, 15) is 9.59 Å². The van der Waals surface area contributed by atoms with Gasteiger partial charge in [0.1, 0.15) is 5.60 Å². The van der Waals surface area contributed by atoms with Crippen molar-refractivity contribution < 1.29 is 19.4 Å². The molecule has 8 aromatic rings. The Hall–Kier alpha value is -7.30. The molecule has 0 saturated carbocycles. The van der Waals surface area contributed by atoms with Gasteiger partial charge in [0.05, 0.1) is 5.41 Å². The highest BCUT2D eigenvalue weighted by Crippen LogP contribution is 2.65. The number of aryl methyl sites for hydroxylation is 4. The number of unbranched alkanes of at least 4 members (excludes halogenated alkanes) is 14. The van der Waals surface area contributed by atoms with Crippen LogP contribution in [0.4, 0.5) is 0 Å². The van der Waals surface area contributed by atoms with Crippen LogP contribution in [0.2, 0.25) is 0 Å². The van der Waals surface area contributed by atoms with E-state index in [1.165, 1.54) is 199 Å². The lowest BCUT2D eigenvalue weighted by Gasteiger charge is -2.44. The maximum absolute atomic E-state index is 12.9. The van der Waals surface area contributed by atoms with Crippen molar-refractivity contribution >= 4 is 11.9 Å². The summed E-state index contributed by atoms with van der Waals surface area (Å²) in [5, 5.41) is 8.14. The molecule has 1 spiro atoms. The molecule has 8 aromatic carbocycles. The lowest BCUT2D eigenvalue weighted by atomic mass is 9.58. The van der Waals surface area contributed by atoms with Crippen LogP contribution in [0, 0.1) is 33.1 Å². The number of carboxylic acid groups (broad SMARTS) is 1. The molecular formula is C91H110O4. The Bertz CT molecular complexity index is 4010. The van der Waals surface area contributed by atoms with E-state index in [1.54, 1.807) is 11.1 Å². The second-order valence-electron chi connectivity index (χ2n) is 31.3. The molecule has 12 rings (SSSR count). The Labute approximate surface area is 572 Å². The molecule has 4 aliphatic rings. The Morgan fingerprint density at radius 1 is 0.347 bits per heavy atom. The number of fused-ring (bicyclic) bond motifs is 16. The Morgan fingerprint density at radius 2 is 0.642 bits per heavy atom. The van der Waals surface area contributed by atoms with Gasteiger partial charge in [-0.05, 0) is 222 Å². The highest BCUT2D eigenvalue weighted by atomic mass is 16.6. The minimum atomic E-state index is -0.682. The number of ether oxygens (including phenoxy) is 1. The molecule has 0 radical (unpaired) electrons. The van der Waals surface area contributed by atoms with Crippen LogP contribution in [0.1, 0.15) is 277 Å². The van der Waals surface area contributed by atoms with Gasteiger partial charge in [-0.2, -0.15) is 0 Å². The zero-order valence-electron chi connectivity index (χ0n) is 60.3. The number of carbonyl (C=O) groups is 2. The number of aliphatic carboxylic acids is 1. The van der Waals surface area contributed by atoms with Crippen LogP contribution < -0.4 is 0 Å². The zero-order valence-corrected chi connectivity index (χ0v) is 60.3. The number of rotatable bonds is 26. The molecule has 0 aliphatic heterocycles. The summed E-state index contributed by atoms with van der Waals surface area (Å²) in [5.74, 6) is -0.773. The van der Waals surface area contributed by atoms with Gasteiger partial charge < -0.3 is 9.84 Å². The van der Waals surface area contributed by atoms with Crippen molar-refractivity contribution in [3.05, 3.63) is 212 Å². The molecule has 0 bridgehead atoms. The van der Waals surface area contributed by atoms with Crippen LogP contribution in [0.5, 0.6) is 0 Å². The lowest BCUT2D eigenvalue weighted by molar-refractivity contribution is -0.155. The molecule has 4 nitrogen and oxygen atoms in total. The average Bonchev–Trinajstić information content (AvgIpc) is 1.52. The van der Waals surface area contributed by atoms with E-state index in [2.05, 4.69) is 215 Å². The summed E-state index contributed by atoms with van der Waals surface area (Å²) in [7, 11) is 0. The minimum Gasteiger partial charge on any atom is -0.481 e. The molecule has 0 saturated heterocycles. The molecule has 0 amide bonds. The van der Waals surface area contributed by atoms with Crippen LogP contribution in [0.15, 0.2) is 146 Å². The third-order valence-corrected chi connectivity index (χ3v) is 22.2. The standard InChI is InChI=1S/C85H98O2.C6H12O2/c1-13-15-17-19-21-25-45-83(46-26-22-20-18-16-14-2)72-52-60(62-35-43-67-66-37-29-56(3)48-74(66)84(75(67)54-62,81(7,8)9)47-27-23-24-28-80(86)87-82(10,11)12)33-41-64(72)65-42-34-61(53-73(65)83)63-36-44-71-70-40-32-59(6)51-78(70)85(79(71)55-63)76-49-57(4)30-38-68(76)69-39-31-58(5)50-77(69)85;1-2-3-4-5-6(7)8/h29-44,48-55H,13-28,45-47H2,1-12H3;2-5H2,1H3,(H,7,8). The molecule has 0 heterocycles. The quantitative estimate of drug-likeness (QED) is 0.0433. The Balaban J connectivity index is 0.00000108. The molecule has 0 aromatic heterocycles. The summed E-state index contributed by atoms with van der Waals surface area (Å²) in [6, 6.07) is 59.3. The van der Waals surface area contributed by atoms with Gasteiger partial charge >= 0.3 is 11.9 Å². The normalized spacial score (nSPS) is 15.5. The van der Waals surface area contributed by atoms with Gasteiger partial charge in [-0.3, -0.25) is 9.59 Å². The minimum absolute atomic E-state index is 0.0716. The van der Waals surface area contributed by atoms with E-state index in [0.717, 1.165) is 57.8 Å². The molecule has 1 N–H and O–H groups in total. The van der Waals surface area contributed by atoms with Crippen LogP contribution in [0.3, 0.4) is 0 Å². The first-order chi connectivity index (χ1) is 45.6. The van der Waals surface area contributed by atoms with Crippen LogP contribution in [-0.4, -0.2) is 22.6 Å². The van der Waals surface area contributed by atoms with Gasteiger partial charge in [0.2, 0.25) is 0 Å². The molecule has 95 heavy (non-hydrogen) atoms. The van der Waals surface area contributed by atoms with E-state index in [1.807, 2.05) is 20.8 Å². The fourth-order valence-electron chi connectivity index (χ4n) is 17.6. The summed E-state index contributed by atoms with van der Waals surface area (Å²) in [6.45, 7) is 29.1. The summed E-state index contributed by atoms with van der Waals surface area (Å²) in [4.78, 5) is 22.7. The first kappa shape index (κ1) is 69.1. The van der Waals surface area contributed by atoms with Crippen molar-refractivity contribution in [2.45, 2.75) is 260 Å². The van der Waals surface area contributed by atoms with Crippen molar-refractivity contribution in [3.8, 4) is 66.8 Å². The molecule has 0 fully saturated rings. The van der Waals surface area contributed by atoms with Gasteiger partial charge in [-0.1, -0.05) is 288 Å². The highest BCUT2D eigenvalue weighted by Gasteiger charge is 2.53. The maximum atomic E-state index is 12.9. The van der Waals surface area contributed by atoms with Gasteiger partial charge in [-0.15, -0.1) is 0 Å². The monoisotopic (exact) mass is 1270 g/mol.